The van der Waals surface area contributed by atoms with Crippen LogP contribution >= 0.6 is 0 Å². The molecule has 0 spiro atoms. The summed E-state index contributed by atoms with van der Waals surface area (Å²) in [6, 6.07) is 10.7. The molecule has 6 nitrogen and oxygen atoms in total. The van der Waals surface area contributed by atoms with E-state index in [1.807, 2.05) is 25.3 Å². The van der Waals surface area contributed by atoms with Gasteiger partial charge in [-0.25, -0.2) is 0 Å². The first kappa shape index (κ1) is 19.9. The number of carbonyl (C=O) groups excluding carboxylic acids is 1. The van der Waals surface area contributed by atoms with Gasteiger partial charge < -0.3 is 16.4 Å². The average molecular weight is 355 g/mol. The van der Waals surface area contributed by atoms with Crippen LogP contribution < -0.4 is 21.7 Å². The molecule has 1 aromatic rings. The van der Waals surface area contributed by atoms with E-state index in [0.717, 1.165) is 18.5 Å². The Bertz CT molecular complexity index is 653. The standard InChI is InChI=1S/C20H29N5O/c1-15(19(21)26)7-6-10-17-12-23-14-24-20(17)25-18(13-22-2)11-16-8-4-3-5-9-16/h3-10,14-15,18,20,22,25H,11-13H2,1-2H3,(H2,21,26)(H,23,24). The maximum absolute atomic E-state index is 11.1. The lowest BCUT2D eigenvalue weighted by molar-refractivity contribution is -0.120. The fourth-order valence-corrected chi connectivity index (χ4v) is 2.79. The van der Waals surface area contributed by atoms with Crippen LogP contribution in [0.3, 0.4) is 0 Å². The average Bonchev–Trinajstić information content (AvgIpc) is 2.64. The van der Waals surface area contributed by atoms with E-state index in [4.69, 9.17) is 5.73 Å². The Morgan fingerprint density at radius 1 is 1.42 bits per heavy atom. The Hall–Kier alpha value is -2.44. The Balaban J connectivity index is 2.04. The number of hydrogen-bond donors (Lipinski definition) is 4. The van der Waals surface area contributed by atoms with Crippen LogP contribution in [-0.2, 0) is 11.2 Å². The molecule has 1 heterocycles. The number of aliphatic imine (C=N–C) groups is 1. The number of likely N-dealkylation sites (N-methyl/N-ethyl adjacent to an activating group) is 1. The molecule has 5 N–H and O–H groups in total. The zero-order chi connectivity index (χ0) is 18.8. The van der Waals surface area contributed by atoms with Crippen molar-refractivity contribution in [2.75, 3.05) is 20.1 Å². The second kappa shape index (κ2) is 10.5. The van der Waals surface area contributed by atoms with Crippen LogP contribution in [0.5, 0.6) is 0 Å². The summed E-state index contributed by atoms with van der Waals surface area (Å²) in [5.74, 6) is -0.612. The van der Waals surface area contributed by atoms with E-state index < -0.39 is 0 Å². The first-order valence-corrected chi connectivity index (χ1v) is 8.95. The SMILES string of the molecule is CNCC(Cc1ccccc1)NC1NC=NCC1=CC=CC(C)C(N)=O. The lowest BCUT2D eigenvalue weighted by atomic mass is 10.0. The number of allylic oxidation sites excluding steroid dienone is 2. The molecule has 1 aromatic carbocycles. The third kappa shape index (κ3) is 6.46. The Morgan fingerprint density at radius 2 is 2.19 bits per heavy atom. The minimum absolute atomic E-state index is 0.00287. The number of rotatable bonds is 9. The van der Waals surface area contributed by atoms with E-state index in [0.29, 0.717) is 6.54 Å². The molecular weight excluding hydrogens is 326 g/mol. The normalized spacial score (nSPS) is 20.8. The van der Waals surface area contributed by atoms with Crippen molar-refractivity contribution in [3.05, 3.63) is 59.7 Å². The summed E-state index contributed by atoms with van der Waals surface area (Å²) in [4.78, 5) is 15.4. The summed E-state index contributed by atoms with van der Waals surface area (Å²) in [5.41, 5.74) is 7.71. The summed E-state index contributed by atoms with van der Waals surface area (Å²) in [6.07, 6.45) is 8.36. The van der Waals surface area contributed by atoms with Crippen LogP contribution in [0.4, 0.5) is 0 Å². The van der Waals surface area contributed by atoms with E-state index >= 15 is 0 Å². The molecule has 2 rings (SSSR count). The van der Waals surface area contributed by atoms with Gasteiger partial charge in [-0.1, -0.05) is 55.5 Å². The molecule has 0 saturated carbocycles. The number of carbonyl (C=O) groups is 1. The zero-order valence-corrected chi connectivity index (χ0v) is 15.5. The largest absolute Gasteiger partial charge is 0.369 e. The number of amides is 1. The van der Waals surface area contributed by atoms with Crippen LogP contribution in [0.1, 0.15) is 12.5 Å². The number of primary amides is 1. The third-order valence-corrected chi connectivity index (χ3v) is 4.31. The highest BCUT2D eigenvalue weighted by molar-refractivity contribution is 5.78. The van der Waals surface area contributed by atoms with Crippen molar-refractivity contribution < 1.29 is 4.79 Å². The molecule has 0 aromatic heterocycles. The second-order valence-corrected chi connectivity index (χ2v) is 6.50. The van der Waals surface area contributed by atoms with Gasteiger partial charge in [-0.15, -0.1) is 0 Å². The summed E-state index contributed by atoms with van der Waals surface area (Å²) in [6.45, 7) is 3.26. The van der Waals surface area contributed by atoms with Gasteiger partial charge in [-0.2, -0.15) is 0 Å². The highest BCUT2D eigenvalue weighted by atomic mass is 16.1. The molecule has 6 heteroatoms. The Kier molecular flexibility index (Phi) is 8.05. The summed E-state index contributed by atoms with van der Waals surface area (Å²) >= 11 is 0. The molecule has 1 aliphatic heterocycles. The molecule has 1 aliphatic rings. The number of benzene rings is 1. The predicted molar refractivity (Wildman–Crippen MR) is 107 cm³/mol. The smallest absolute Gasteiger partial charge is 0.224 e. The minimum atomic E-state index is -0.328. The van der Waals surface area contributed by atoms with Crippen LogP contribution in [0.2, 0.25) is 0 Å². The molecule has 0 radical (unpaired) electrons. The molecule has 3 atom stereocenters. The van der Waals surface area contributed by atoms with Crippen LogP contribution in [0, 0.1) is 5.92 Å². The van der Waals surface area contributed by atoms with Crippen LogP contribution in [0.15, 0.2) is 59.1 Å². The quantitative estimate of drug-likeness (QED) is 0.531. The van der Waals surface area contributed by atoms with Crippen molar-refractivity contribution in [3.63, 3.8) is 0 Å². The summed E-state index contributed by atoms with van der Waals surface area (Å²) in [5, 5.41) is 10.2. The summed E-state index contributed by atoms with van der Waals surface area (Å²) < 4.78 is 0. The van der Waals surface area contributed by atoms with Crippen LogP contribution in [-0.4, -0.2) is 44.6 Å². The maximum Gasteiger partial charge on any atom is 0.224 e. The van der Waals surface area contributed by atoms with Gasteiger partial charge in [0, 0.05) is 12.6 Å². The first-order chi connectivity index (χ1) is 12.6. The monoisotopic (exact) mass is 355 g/mol. The van der Waals surface area contributed by atoms with E-state index in [9.17, 15) is 4.79 Å². The van der Waals surface area contributed by atoms with Crippen LogP contribution in [0.25, 0.3) is 0 Å². The maximum atomic E-state index is 11.1. The van der Waals surface area contributed by atoms with Crippen molar-refractivity contribution in [1.29, 1.82) is 0 Å². The van der Waals surface area contributed by atoms with Gasteiger partial charge in [-0.3, -0.25) is 15.1 Å². The van der Waals surface area contributed by atoms with E-state index in [2.05, 4.69) is 45.2 Å². The molecular formula is C20H29N5O. The first-order valence-electron chi connectivity index (χ1n) is 8.95. The molecule has 0 bridgehead atoms. The fraction of sp³-hybridized carbons (Fsp3) is 0.400. The van der Waals surface area contributed by atoms with Gasteiger partial charge in [0.1, 0.15) is 6.17 Å². The van der Waals surface area contributed by atoms with E-state index in [1.54, 1.807) is 19.3 Å². The molecule has 0 saturated heterocycles. The van der Waals surface area contributed by atoms with Gasteiger partial charge in [0.05, 0.1) is 18.8 Å². The van der Waals surface area contributed by atoms with Gasteiger partial charge >= 0.3 is 0 Å². The van der Waals surface area contributed by atoms with Crippen molar-refractivity contribution in [2.45, 2.75) is 25.6 Å². The Labute approximate surface area is 155 Å². The number of nitrogens with zero attached hydrogens (tertiary/aromatic N) is 1. The third-order valence-electron chi connectivity index (χ3n) is 4.31. The van der Waals surface area contributed by atoms with Gasteiger partial charge in [0.25, 0.3) is 0 Å². The molecule has 0 fully saturated rings. The molecule has 1 amide bonds. The van der Waals surface area contributed by atoms with E-state index in [1.165, 1.54) is 5.56 Å². The van der Waals surface area contributed by atoms with Crippen molar-refractivity contribution >= 4 is 12.2 Å². The van der Waals surface area contributed by atoms with E-state index in [-0.39, 0.29) is 24.0 Å². The fourth-order valence-electron chi connectivity index (χ4n) is 2.79. The van der Waals surface area contributed by atoms with Crippen molar-refractivity contribution in [2.24, 2.45) is 16.6 Å². The second-order valence-electron chi connectivity index (χ2n) is 6.50. The van der Waals surface area contributed by atoms with Gasteiger partial charge in [0.15, 0.2) is 0 Å². The van der Waals surface area contributed by atoms with Crippen molar-refractivity contribution in [3.8, 4) is 0 Å². The molecule has 3 unspecified atom stereocenters. The molecule has 26 heavy (non-hydrogen) atoms. The lowest BCUT2D eigenvalue weighted by Crippen LogP contribution is -2.53. The number of hydrogen-bond acceptors (Lipinski definition) is 5. The zero-order valence-electron chi connectivity index (χ0n) is 15.5. The molecule has 140 valence electrons. The highest BCUT2D eigenvalue weighted by Crippen LogP contribution is 2.09. The minimum Gasteiger partial charge on any atom is -0.369 e. The lowest BCUT2D eigenvalue weighted by Gasteiger charge is -2.29. The number of nitrogens with one attached hydrogen (secondary N) is 3. The van der Waals surface area contributed by atoms with Gasteiger partial charge in [0.2, 0.25) is 5.91 Å². The number of nitrogens with two attached hydrogens (primary N) is 1. The molecule has 0 aliphatic carbocycles. The summed E-state index contributed by atoms with van der Waals surface area (Å²) in [7, 11) is 1.96. The Morgan fingerprint density at radius 3 is 2.88 bits per heavy atom. The van der Waals surface area contributed by atoms with Gasteiger partial charge in [-0.05, 0) is 24.6 Å². The predicted octanol–water partition coefficient (Wildman–Crippen LogP) is 0.968. The highest BCUT2D eigenvalue weighted by Gasteiger charge is 2.19. The van der Waals surface area contributed by atoms with Crippen molar-refractivity contribution in [1.82, 2.24) is 16.0 Å². The topological polar surface area (TPSA) is 91.5 Å².